The number of nitrogens with one attached hydrogen (secondary N) is 3. The number of rotatable bonds is 27. The maximum atomic E-state index is 13.1. The van der Waals surface area contributed by atoms with E-state index in [1.165, 1.54) is 4.90 Å². The zero-order chi connectivity index (χ0) is 77.2. The summed E-state index contributed by atoms with van der Waals surface area (Å²) in [5.41, 5.74) is 16.2. The summed E-state index contributed by atoms with van der Waals surface area (Å²) in [5, 5.41) is 7.72. The van der Waals surface area contributed by atoms with Crippen LogP contribution in [0.4, 0.5) is 27.2 Å². The molecule has 4 heterocycles. The van der Waals surface area contributed by atoms with Gasteiger partial charge >= 0.3 is 12.2 Å². The highest BCUT2D eigenvalue weighted by atomic mass is 35.5. The third-order valence-electron chi connectivity index (χ3n) is 15.5. The number of nitrogens with two attached hydrogens (primary N) is 2. The third kappa shape index (κ3) is 32.3. The van der Waals surface area contributed by atoms with E-state index in [1.54, 1.807) is 124 Å². The monoisotopic (exact) mass is 1590 g/mol. The Balaban J connectivity index is 0.000000367. The zero-order valence-electron chi connectivity index (χ0n) is 60.7. The SMILES string of the molecule is CC(C)(C)OC(=O)NC/C(=C\F)COc1ccc2c(c1)CCN(CCS(C)(=O)=O)C2=O.CC(C)(C)OC(=O)NC/C(=C\F)COc1ccc2c(c1)CCNC2=O.CS(=O)(=O)CCN1CCc2cc(OC/C(=C/F)CN)ccc2C1=O.CS(=O)(=O)CCN1CCc2cc(OC/C(=C/F)CN)ccc2C1=O.Cl.Cl. The summed E-state index contributed by atoms with van der Waals surface area (Å²) in [5.74, 6) is 1.23. The fourth-order valence-electron chi connectivity index (χ4n) is 9.99. The lowest BCUT2D eigenvalue weighted by molar-refractivity contribution is 0.0520. The molecule has 6 amide bonds. The summed E-state index contributed by atoms with van der Waals surface area (Å²) in [6.45, 7) is 13.0. The topological polar surface area (TPSA) is 358 Å². The highest BCUT2D eigenvalue weighted by Crippen LogP contribution is 2.28. The number of alkyl carbamates (subject to hydrolysis) is 2. The number of nitrogens with zero attached hydrogens (tertiary/aromatic N) is 3. The molecule has 0 saturated heterocycles. The van der Waals surface area contributed by atoms with Crippen molar-refractivity contribution in [2.24, 2.45) is 11.5 Å². The van der Waals surface area contributed by atoms with Crippen molar-refractivity contribution in [1.82, 2.24) is 30.7 Å². The van der Waals surface area contributed by atoms with Gasteiger partial charge in [0.05, 0.1) is 42.6 Å². The van der Waals surface area contributed by atoms with E-state index in [1.807, 2.05) is 0 Å². The molecule has 26 nitrogen and oxygen atoms in total. The van der Waals surface area contributed by atoms with Crippen molar-refractivity contribution in [3.63, 3.8) is 0 Å². The Labute approximate surface area is 629 Å². The van der Waals surface area contributed by atoms with Crippen LogP contribution in [0.2, 0.25) is 0 Å². The average molecular weight is 1590 g/mol. The molecular weight excluding hydrogens is 1500 g/mol. The van der Waals surface area contributed by atoms with Crippen LogP contribution in [-0.2, 0) is 64.7 Å². The molecule has 0 atom stereocenters. The van der Waals surface area contributed by atoms with Gasteiger partial charge in [-0.25, -0.2) is 52.4 Å². The number of halogens is 6. The molecule has 4 aromatic carbocycles. The van der Waals surface area contributed by atoms with Gasteiger partial charge < -0.3 is 70.5 Å². The van der Waals surface area contributed by atoms with Crippen LogP contribution in [0.5, 0.6) is 23.0 Å². The number of fused-ring (bicyclic) bond motifs is 4. The molecule has 0 bridgehead atoms. The van der Waals surface area contributed by atoms with Crippen molar-refractivity contribution in [3.05, 3.63) is 165 Å². The van der Waals surface area contributed by atoms with Crippen LogP contribution in [0.1, 0.15) is 105 Å². The number of ether oxygens (including phenoxy) is 6. The Morgan fingerprint density at radius 3 is 1.00 bits per heavy atom. The van der Waals surface area contributed by atoms with Gasteiger partial charge in [0.2, 0.25) is 0 Å². The first-order valence-electron chi connectivity index (χ1n) is 33.0. The van der Waals surface area contributed by atoms with E-state index in [0.29, 0.717) is 127 Å². The standard InChI is InChI=1S/C21H29FN2O6S.C18H23FN2O4.2C16H21FN2O4S.2ClH/c1-21(2,3)30-20(26)23-13-15(12-22)14-29-17-5-6-18-16(11-17)7-8-24(19(18)25)9-10-31(4,27)28;1-18(2,3)25-17(23)21-10-12(9-19)11-24-14-4-5-15-13(8-14)6-7-20-16(15)22;2*1-24(21,22)7-6-19-5-4-13-8-14(2-3-15(13)16(19)20)23-11-12(9-17)10-18;;/h5-6,11-12H,7-10,13-14H2,1-4H3,(H,23,26);4-5,8-9H,6-7,10-11H2,1-3H3,(H,20,22)(H,21,23);2*2-3,8-9H,4-7,10-11,18H2,1H3;2*1H/b15-12+;3*12-9+;;. The molecule has 4 aliphatic rings. The van der Waals surface area contributed by atoms with Gasteiger partial charge in [0.25, 0.3) is 23.6 Å². The number of carbonyl (C=O) groups is 6. The highest BCUT2D eigenvalue weighted by Gasteiger charge is 2.29. The minimum Gasteiger partial charge on any atom is -0.489 e. The third-order valence-corrected chi connectivity index (χ3v) is 18.3. The molecule has 8 rings (SSSR count). The molecule has 0 aromatic heterocycles. The second kappa shape index (κ2) is 42.8. The largest absolute Gasteiger partial charge is 0.489 e. The number of carbonyl (C=O) groups excluding carboxylic acids is 6. The minimum absolute atomic E-state index is 0. The highest BCUT2D eigenvalue weighted by molar-refractivity contribution is 7.91. The lowest BCUT2D eigenvalue weighted by Gasteiger charge is -2.28. The summed E-state index contributed by atoms with van der Waals surface area (Å²) < 4.78 is 151. The molecule has 4 aromatic rings. The molecule has 588 valence electrons. The van der Waals surface area contributed by atoms with Gasteiger partial charge in [-0.05, 0) is 162 Å². The zero-order valence-corrected chi connectivity index (χ0v) is 64.8. The number of sulfone groups is 3. The Bertz CT molecular complexity index is 4070. The van der Waals surface area contributed by atoms with Crippen LogP contribution >= 0.6 is 24.8 Å². The Hall–Kier alpha value is -8.47. The lowest BCUT2D eigenvalue weighted by atomic mass is 9.99. The van der Waals surface area contributed by atoms with Crippen LogP contribution < -0.4 is 46.4 Å². The summed E-state index contributed by atoms with van der Waals surface area (Å²) >= 11 is 0. The Morgan fingerprint density at radius 2 is 0.736 bits per heavy atom. The number of hydrogen-bond acceptors (Lipinski definition) is 20. The van der Waals surface area contributed by atoms with Crippen LogP contribution in [0.15, 0.2) is 120 Å². The smallest absolute Gasteiger partial charge is 0.407 e. The molecule has 0 unspecified atom stereocenters. The van der Waals surface area contributed by atoms with E-state index in [4.69, 9.17) is 39.9 Å². The summed E-state index contributed by atoms with van der Waals surface area (Å²) in [7, 11) is -9.38. The number of amides is 6. The minimum atomic E-state index is -3.15. The van der Waals surface area contributed by atoms with Crippen LogP contribution in [0.25, 0.3) is 0 Å². The molecule has 0 aliphatic carbocycles. The summed E-state index contributed by atoms with van der Waals surface area (Å²) in [4.78, 5) is 77.0. The molecule has 0 saturated carbocycles. The summed E-state index contributed by atoms with van der Waals surface area (Å²) in [6.07, 6.45) is 6.34. The summed E-state index contributed by atoms with van der Waals surface area (Å²) in [6, 6.07) is 20.2. The molecule has 35 heteroatoms. The lowest BCUT2D eigenvalue weighted by Crippen LogP contribution is -2.40. The van der Waals surface area contributed by atoms with Crippen LogP contribution in [-0.4, -0.2) is 221 Å². The van der Waals surface area contributed by atoms with Gasteiger partial charge in [0.15, 0.2) is 0 Å². The normalized spacial score (nSPS) is 14.7. The van der Waals surface area contributed by atoms with Crippen LogP contribution in [0.3, 0.4) is 0 Å². The first kappa shape index (κ1) is 91.7. The molecule has 0 radical (unpaired) electrons. The molecule has 4 aliphatic heterocycles. The van der Waals surface area contributed by atoms with Crippen molar-refractivity contribution < 1.29 is 100 Å². The Morgan fingerprint density at radius 1 is 0.462 bits per heavy atom. The van der Waals surface area contributed by atoms with Gasteiger partial charge in [-0.1, -0.05) is 0 Å². The molecule has 0 fully saturated rings. The predicted octanol–water partition coefficient (Wildman–Crippen LogP) is 7.90. The van der Waals surface area contributed by atoms with Crippen molar-refractivity contribution >= 4 is 90.1 Å². The van der Waals surface area contributed by atoms with Crippen molar-refractivity contribution in [2.45, 2.75) is 78.4 Å². The van der Waals surface area contributed by atoms with Gasteiger partial charge in [0, 0.05) is 135 Å². The van der Waals surface area contributed by atoms with Crippen molar-refractivity contribution in [3.8, 4) is 23.0 Å². The fraction of sp³-hybridized carbons (Fsp3) is 0.465. The molecule has 7 N–H and O–H groups in total. The van der Waals surface area contributed by atoms with E-state index < -0.39 is 52.9 Å². The van der Waals surface area contributed by atoms with Gasteiger partial charge in [0.1, 0.15) is 90.1 Å². The maximum Gasteiger partial charge on any atom is 0.407 e. The van der Waals surface area contributed by atoms with Gasteiger partial charge in [-0.3, -0.25) is 19.2 Å². The van der Waals surface area contributed by atoms with Gasteiger partial charge in [-0.2, -0.15) is 0 Å². The van der Waals surface area contributed by atoms with Crippen molar-refractivity contribution in [2.75, 3.05) is 134 Å². The second-order valence-corrected chi connectivity index (χ2v) is 33.4. The predicted molar refractivity (Wildman–Crippen MR) is 400 cm³/mol. The average Bonchev–Trinajstić information content (AvgIpc) is 0.826. The molecule has 106 heavy (non-hydrogen) atoms. The van der Waals surface area contributed by atoms with E-state index in [-0.39, 0.29) is 149 Å². The van der Waals surface area contributed by atoms with Crippen LogP contribution in [0, 0.1) is 0 Å². The Kier molecular flexibility index (Phi) is 37.0. The van der Waals surface area contributed by atoms with E-state index in [9.17, 15) is 71.6 Å². The number of hydrogen-bond donors (Lipinski definition) is 5. The second-order valence-electron chi connectivity index (χ2n) is 26.6. The van der Waals surface area contributed by atoms with E-state index in [0.717, 1.165) is 47.4 Å². The first-order valence-corrected chi connectivity index (χ1v) is 39.2. The van der Waals surface area contributed by atoms with Crippen molar-refractivity contribution in [1.29, 1.82) is 0 Å². The first-order chi connectivity index (χ1) is 48.8. The number of benzene rings is 4. The molecule has 0 spiro atoms. The fourth-order valence-corrected chi connectivity index (χ4v) is 11.6. The van der Waals surface area contributed by atoms with Gasteiger partial charge in [-0.15, -0.1) is 24.8 Å². The molecular formula is C71H96Cl2F4N8O18S3. The van der Waals surface area contributed by atoms with E-state index >= 15 is 0 Å². The quantitative estimate of drug-likeness (QED) is 0.0354. The maximum absolute atomic E-state index is 13.1. The van der Waals surface area contributed by atoms with E-state index in [2.05, 4.69) is 16.0 Å².